The summed E-state index contributed by atoms with van der Waals surface area (Å²) in [6, 6.07) is 10.2. The van der Waals surface area contributed by atoms with Crippen LogP contribution in [0.5, 0.6) is 0 Å². The molecule has 1 aromatic heterocycles. The summed E-state index contributed by atoms with van der Waals surface area (Å²) in [5.41, 5.74) is 1.72. The van der Waals surface area contributed by atoms with Crippen LogP contribution in [0.25, 0.3) is 0 Å². The zero-order valence-electron chi connectivity index (χ0n) is 12.5. The van der Waals surface area contributed by atoms with Crippen LogP contribution in [0, 0.1) is 17.0 Å². The second kappa shape index (κ2) is 6.80. The van der Waals surface area contributed by atoms with E-state index in [1.165, 1.54) is 6.07 Å². The molecule has 0 aliphatic rings. The lowest BCUT2D eigenvalue weighted by Gasteiger charge is -2.17. The first kappa shape index (κ1) is 15.6. The number of hydrogen-bond acceptors (Lipinski definition) is 4. The molecule has 0 atom stereocenters. The fraction of sp³-hybridized carbons (Fsp3) is 0.250. The van der Waals surface area contributed by atoms with Gasteiger partial charge >= 0.3 is 0 Å². The van der Waals surface area contributed by atoms with Crippen LogP contribution in [0.4, 0.5) is 5.69 Å². The number of nitrogens with zero attached hydrogens (tertiary/aromatic N) is 3. The Hall–Kier alpha value is -2.76. The van der Waals surface area contributed by atoms with Gasteiger partial charge in [0.15, 0.2) is 0 Å². The minimum absolute atomic E-state index is 0.0380. The first-order valence-corrected chi connectivity index (χ1v) is 6.89. The van der Waals surface area contributed by atoms with E-state index in [0.29, 0.717) is 24.1 Å². The van der Waals surface area contributed by atoms with Gasteiger partial charge in [0.1, 0.15) is 0 Å². The molecule has 1 amide bonds. The molecule has 0 saturated heterocycles. The lowest BCUT2D eigenvalue weighted by molar-refractivity contribution is -0.385. The summed E-state index contributed by atoms with van der Waals surface area (Å²) < 4.78 is 0. The molecule has 6 heteroatoms. The number of rotatable bonds is 5. The van der Waals surface area contributed by atoms with Crippen LogP contribution in [0.3, 0.4) is 0 Å². The minimum atomic E-state index is -0.472. The Bertz CT molecular complexity index is 686. The normalized spacial score (nSPS) is 10.3. The average Bonchev–Trinajstić information content (AvgIpc) is 2.53. The third-order valence-electron chi connectivity index (χ3n) is 3.43. The summed E-state index contributed by atoms with van der Waals surface area (Å²) in [5, 5.41) is 10.9. The molecule has 0 radical (unpaired) electrons. The maximum Gasteiger partial charge on any atom is 0.273 e. The predicted molar refractivity (Wildman–Crippen MR) is 82.7 cm³/mol. The number of carbonyl (C=O) groups excluding carboxylic acids is 1. The van der Waals surface area contributed by atoms with Gasteiger partial charge in [-0.15, -0.1) is 0 Å². The number of nitro benzene ring substituents is 1. The number of benzene rings is 1. The summed E-state index contributed by atoms with van der Waals surface area (Å²) in [6.45, 7) is 2.15. The predicted octanol–water partition coefficient (Wildman–Crippen LogP) is 2.61. The van der Waals surface area contributed by atoms with Crippen molar-refractivity contribution in [2.75, 3.05) is 13.6 Å². The second-order valence-corrected chi connectivity index (χ2v) is 5.06. The molecule has 2 aromatic rings. The first-order chi connectivity index (χ1) is 10.5. The van der Waals surface area contributed by atoms with Crippen molar-refractivity contribution < 1.29 is 9.72 Å². The van der Waals surface area contributed by atoms with Gasteiger partial charge in [-0.25, -0.2) is 0 Å². The molecule has 6 nitrogen and oxygen atoms in total. The minimum Gasteiger partial charge on any atom is -0.341 e. The number of carbonyl (C=O) groups is 1. The van der Waals surface area contributed by atoms with Gasteiger partial charge in [0.2, 0.25) is 0 Å². The summed E-state index contributed by atoms with van der Waals surface area (Å²) in [7, 11) is 1.68. The highest BCUT2D eigenvalue weighted by molar-refractivity contribution is 5.94. The average molecular weight is 299 g/mol. The standard InChI is InChI=1S/C16H17N3O3/c1-12-6-7-13(11-15(12)19(21)22)16(20)18(2)10-8-14-5-3-4-9-17-14/h3-7,9,11H,8,10H2,1-2H3. The Morgan fingerprint density at radius 1 is 1.32 bits per heavy atom. The molecule has 0 aliphatic heterocycles. The van der Waals surface area contributed by atoms with Crippen molar-refractivity contribution in [3.63, 3.8) is 0 Å². The Labute approximate surface area is 128 Å². The highest BCUT2D eigenvalue weighted by Gasteiger charge is 2.17. The molecule has 0 bridgehead atoms. The summed E-state index contributed by atoms with van der Waals surface area (Å²) in [4.78, 5) is 28.6. The van der Waals surface area contributed by atoms with Crippen molar-refractivity contribution >= 4 is 11.6 Å². The van der Waals surface area contributed by atoms with E-state index in [4.69, 9.17) is 0 Å². The van der Waals surface area contributed by atoms with Crippen molar-refractivity contribution in [1.29, 1.82) is 0 Å². The van der Waals surface area contributed by atoms with Crippen molar-refractivity contribution in [3.05, 3.63) is 69.5 Å². The van der Waals surface area contributed by atoms with Gasteiger partial charge in [-0.3, -0.25) is 19.9 Å². The SMILES string of the molecule is Cc1ccc(C(=O)N(C)CCc2ccccn2)cc1[N+](=O)[O-]. The van der Waals surface area contributed by atoms with E-state index < -0.39 is 4.92 Å². The van der Waals surface area contributed by atoms with Gasteiger partial charge in [0, 0.05) is 49.1 Å². The van der Waals surface area contributed by atoms with Gasteiger partial charge in [-0.2, -0.15) is 0 Å². The number of likely N-dealkylation sites (N-methyl/N-ethyl adjacent to an activating group) is 1. The van der Waals surface area contributed by atoms with Crippen LogP contribution in [0.15, 0.2) is 42.6 Å². The van der Waals surface area contributed by atoms with Gasteiger partial charge < -0.3 is 4.90 Å². The van der Waals surface area contributed by atoms with Crippen molar-refractivity contribution in [1.82, 2.24) is 9.88 Å². The molecular weight excluding hydrogens is 282 g/mol. The number of amides is 1. The second-order valence-electron chi connectivity index (χ2n) is 5.06. The number of hydrogen-bond donors (Lipinski definition) is 0. The maximum atomic E-state index is 12.3. The fourth-order valence-corrected chi connectivity index (χ4v) is 2.09. The molecule has 0 aliphatic carbocycles. The third kappa shape index (κ3) is 3.66. The highest BCUT2D eigenvalue weighted by atomic mass is 16.6. The number of pyridine rings is 1. The number of nitro groups is 1. The van der Waals surface area contributed by atoms with Crippen molar-refractivity contribution in [3.8, 4) is 0 Å². The van der Waals surface area contributed by atoms with E-state index >= 15 is 0 Å². The zero-order valence-corrected chi connectivity index (χ0v) is 12.5. The van der Waals surface area contributed by atoms with Gasteiger partial charge in [-0.1, -0.05) is 12.1 Å². The van der Waals surface area contributed by atoms with E-state index in [2.05, 4.69) is 4.98 Å². The Balaban J connectivity index is 2.07. The summed E-state index contributed by atoms with van der Waals surface area (Å²) >= 11 is 0. The lowest BCUT2D eigenvalue weighted by Crippen LogP contribution is -2.29. The van der Waals surface area contributed by atoms with E-state index in [-0.39, 0.29) is 11.6 Å². The molecular formula is C16H17N3O3. The van der Waals surface area contributed by atoms with E-state index in [0.717, 1.165) is 5.69 Å². The molecule has 1 heterocycles. The molecule has 22 heavy (non-hydrogen) atoms. The molecule has 2 rings (SSSR count). The Morgan fingerprint density at radius 2 is 2.09 bits per heavy atom. The summed E-state index contributed by atoms with van der Waals surface area (Å²) in [6.07, 6.45) is 2.34. The monoisotopic (exact) mass is 299 g/mol. The van der Waals surface area contributed by atoms with Crippen molar-refractivity contribution in [2.24, 2.45) is 0 Å². The van der Waals surface area contributed by atoms with Gasteiger partial charge in [-0.05, 0) is 25.1 Å². The van der Waals surface area contributed by atoms with Crippen LogP contribution in [0.2, 0.25) is 0 Å². The zero-order chi connectivity index (χ0) is 16.1. The molecule has 0 N–H and O–H groups in total. The summed E-state index contributed by atoms with van der Waals surface area (Å²) in [5.74, 6) is -0.237. The van der Waals surface area contributed by atoms with Crippen LogP contribution >= 0.6 is 0 Å². The highest BCUT2D eigenvalue weighted by Crippen LogP contribution is 2.20. The van der Waals surface area contributed by atoms with Crippen LogP contribution in [-0.4, -0.2) is 34.3 Å². The first-order valence-electron chi connectivity index (χ1n) is 6.89. The van der Waals surface area contributed by atoms with Crippen LogP contribution in [-0.2, 0) is 6.42 Å². The van der Waals surface area contributed by atoms with Crippen molar-refractivity contribution in [2.45, 2.75) is 13.3 Å². The van der Waals surface area contributed by atoms with Gasteiger partial charge in [0.25, 0.3) is 11.6 Å². The lowest BCUT2D eigenvalue weighted by atomic mass is 10.1. The molecule has 0 saturated carbocycles. The molecule has 1 aromatic carbocycles. The smallest absolute Gasteiger partial charge is 0.273 e. The van der Waals surface area contributed by atoms with E-state index in [9.17, 15) is 14.9 Å². The molecule has 0 fully saturated rings. The van der Waals surface area contributed by atoms with Gasteiger partial charge in [0.05, 0.1) is 4.92 Å². The molecule has 0 spiro atoms. The number of aromatic nitrogens is 1. The molecule has 114 valence electrons. The third-order valence-corrected chi connectivity index (χ3v) is 3.43. The number of aryl methyl sites for hydroxylation is 1. The Kier molecular flexibility index (Phi) is 4.83. The van der Waals surface area contributed by atoms with Crippen LogP contribution in [0.1, 0.15) is 21.6 Å². The van der Waals surface area contributed by atoms with E-state index in [1.54, 1.807) is 37.2 Å². The van der Waals surface area contributed by atoms with E-state index in [1.807, 2.05) is 18.2 Å². The Morgan fingerprint density at radius 3 is 2.73 bits per heavy atom. The maximum absolute atomic E-state index is 12.3. The quantitative estimate of drug-likeness (QED) is 0.628. The fourth-order valence-electron chi connectivity index (χ4n) is 2.09. The largest absolute Gasteiger partial charge is 0.341 e. The van der Waals surface area contributed by atoms with Crippen LogP contribution < -0.4 is 0 Å². The topological polar surface area (TPSA) is 76.3 Å². The molecule has 0 unspecified atom stereocenters.